The Balaban J connectivity index is 0.000000166. The summed E-state index contributed by atoms with van der Waals surface area (Å²) in [6.07, 6.45) is 4.35. The molecule has 0 radical (unpaired) electrons. The molecule has 7 atom stereocenters. The zero-order chi connectivity index (χ0) is 46.8. The van der Waals surface area contributed by atoms with E-state index in [9.17, 15) is 33.9 Å². The van der Waals surface area contributed by atoms with E-state index in [0.29, 0.717) is 79.9 Å². The highest BCUT2D eigenvalue weighted by Gasteiger charge is 2.38. The Hall–Kier alpha value is -7.06. The monoisotopic (exact) mass is 888 g/mol. The van der Waals surface area contributed by atoms with E-state index in [2.05, 4.69) is 20.0 Å². The van der Waals surface area contributed by atoms with Crippen molar-refractivity contribution >= 4 is 69.3 Å². The second kappa shape index (κ2) is 21.3. The summed E-state index contributed by atoms with van der Waals surface area (Å²) in [5.41, 5.74) is 4.26. The molecule has 8 rings (SSSR count). The number of carboxylic acid groups (broad SMARTS) is 6. The van der Waals surface area contributed by atoms with Crippen LogP contribution in [0.4, 0.5) is 0 Å². The van der Waals surface area contributed by atoms with E-state index in [1.54, 1.807) is 12.1 Å². The van der Waals surface area contributed by atoms with E-state index in [1.165, 1.54) is 56.7 Å². The maximum Gasteiger partial charge on any atom is 0.335 e. The first-order valence-electron chi connectivity index (χ1n) is 20.2. The molecule has 0 bridgehead atoms. The van der Waals surface area contributed by atoms with Gasteiger partial charge in [0.05, 0.1) is 87.9 Å². The molecule has 3 aliphatic carbocycles. The van der Waals surface area contributed by atoms with E-state index in [4.69, 9.17) is 45.2 Å². The summed E-state index contributed by atoms with van der Waals surface area (Å²) < 4.78 is 9.69. The van der Waals surface area contributed by atoms with Gasteiger partial charge in [0.25, 0.3) is 0 Å². The molecule has 3 fully saturated rings. The van der Waals surface area contributed by atoms with E-state index in [1.807, 2.05) is 0 Å². The van der Waals surface area contributed by atoms with E-state index < -0.39 is 41.9 Å². The van der Waals surface area contributed by atoms with Gasteiger partial charge in [-0.1, -0.05) is 0 Å². The summed E-state index contributed by atoms with van der Waals surface area (Å²) in [5, 5.41) is 71.8. The molecule has 20 heteroatoms. The number of fused-ring (bicyclic) bond motifs is 4. The Bertz CT molecular complexity index is 2370. The highest BCUT2D eigenvalue weighted by Crippen LogP contribution is 2.34. The first kappa shape index (κ1) is 48.0. The van der Waals surface area contributed by atoms with Crippen LogP contribution in [-0.2, 0) is 19.1 Å². The van der Waals surface area contributed by atoms with Gasteiger partial charge in [-0.3, -0.25) is 24.4 Å². The molecule has 64 heavy (non-hydrogen) atoms. The minimum Gasteiger partial charge on any atom is -0.504 e. The van der Waals surface area contributed by atoms with Crippen molar-refractivity contribution in [3.8, 4) is 11.5 Å². The average Bonchev–Trinajstić information content (AvgIpc) is 3.27. The summed E-state index contributed by atoms with van der Waals surface area (Å²) in [4.78, 5) is 83.0. The molecule has 3 aromatic carbocycles. The maximum absolute atomic E-state index is 11.1. The average molecular weight is 889 g/mol. The number of nitrogens with zero attached hydrogens (tertiary/aromatic N) is 4. The zero-order valence-electron chi connectivity index (χ0n) is 34.7. The Morgan fingerprint density at radius 2 is 0.969 bits per heavy atom. The van der Waals surface area contributed by atoms with Gasteiger partial charge in [0.1, 0.15) is 0 Å². The molecule has 20 nitrogen and oxygen atoms in total. The molecule has 0 amide bonds. The zero-order valence-corrected chi connectivity index (χ0v) is 34.7. The predicted molar refractivity (Wildman–Crippen MR) is 227 cm³/mol. The van der Waals surface area contributed by atoms with Gasteiger partial charge in [0.2, 0.25) is 0 Å². The first-order chi connectivity index (χ1) is 30.4. The number of hydrogen-bond donors (Lipinski definition) is 8. The molecule has 3 saturated carbocycles. The molecule has 8 N–H and O–H groups in total. The van der Waals surface area contributed by atoms with Crippen molar-refractivity contribution in [1.29, 1.82) is 0 Å². The molecule has 1 aromatic heterocycles. The van der Waals surface area contributed by atoms with Gasteiger partial charge in [0.15, 0.2) is 11.5 Å². The van der Waals surface area contributed by atoms with Crippen molar-refractivity contribution in [3.63, 3.8) is 0 Å². The number of aromatic nitrogens is 2. The van der Waals surface area contributed by atoms with Crippen molar-refractivity contribution in [3.05, 3.63) is 71.3 Å². The molecule has 340 valence electrons. The van der Waals surface area contributed by atoms with Crippen LogP contribution in [0.25, 0.3) is 22.1 Å². The number of rotatable bonds is 8. The molecule has 0 saturated heterocycles. The lowest BCUT2D eigenvalue weighted by molar-refractivity contribution is -0.147. The Kier molecular flexibility index (Phi) is 16.0. The van der Waals surface area contributed by atoms with Crippen LogP contribution in [0.2, 0.25) is 0 Å². The van der Waals surface area contributed by atoms with Gasteiger partial charge in [-0.25, -0.2) is 24.4 Å². The number of hydrogen-bond acceptors (Lipinski definition) is 14. The largest absolute Gasteiger partial charge is 0.504 e. The summed E-state index contributed by atoms with van der Waals surface area (Å²) in [6.45, 7) is 0. The number of carbonyl (C=O) groups is 6. The van der Waals surface area contributed by atoms with Gasteiger partial charge >= 0.3 is 35.8 Å². The summed E-state index contributed by atoms with van der Waals surface area (Å²) in [6, 6.07) is 12.5. The van der Waals surface area contributed by atoms with Crippen molar-refractivity contribution in [2.75, 3.05) is 14.2 Å². The number of aliphatic hydroxyl groups excluding tert-OH is 1. The quantitative estimate of drug-likeness (QED) is 0.109. The molecule has 2 heterocycles. The lowest BCUT2D eigenvalue weighted by atomic mass is 9.79. The van der Waals surface area contributed by atoms with Crippen LogP contribution in [0.3, 0.4) is 0 Å². The van der Waals surface area contributed by atoms with Gasteiger partial charge in [-0.05, 0) is 112 Å². The predicted octanol–water partition coefficient (Wildman–Crippen LogP) is 4.91. The minimum absolute atomic E-state index is 0.0671. The highest BCUT2D eigenvalue weighted by molar-refractivity contribution is 6.02. The molecular formula is C44H48N4O16. The Morgan fingerprint density at radius 1 is 0.547 bits per heavy atom. The Morgan fingerprint density at radius 3 is 1.38 bits per heavy atom. The smallest absolute Gasteiger partial charge is 0.335 e. The number of aliphatic imine (C=N–C) groups is 2. The number of aliphatic carboxylic acids is 3. The topological polar surface area (TPSA) is 333 Å². The fourth-order valence-corrected chi connectivity index (χ4v) is 7.77. The fourth-order valence-electron chi connectivity index (χ4n) is 7.77. The number of phenols is 1. The van der Waals surface area contributed by atoms with Crippen LogP contribution in [0.15, 0.2) is 64.6 Å². The van der Waals surface area contributed by atoms with Gasteiger partial charge in [-0.2, -0.15) is 0 Å². The number of aromatic hydroxyl groups is 1. The van der Waals surface area contributed by atoms with Crippen LogP contribution >= 0.6 is 0 Å². The van der Waals surface area contributed by atoms with Crippen LogP contribution in [0, 0.1) is 17.8 Å². The lowest BCUT2D eigenvalue weighted by Gasteiger charge is -2.35. The number of benzene rings is 3. The number of ether oxygens (including phenoxy) is 2. The van der Waals surface area contributed by atoms with Crippen LogP contribution in [0.5, 0.6) is 11.5 Å². The molecule has 0 spiro atoms. The van der Waals surface area contributed by atoms with Gasteiger partial charge in [-0.15, -0.1) is 0 Å². The van der Waals surface area contributed by atoms with E-state index in [-0.39, 0.29) is 64.1 Å². The minimum atomic E-state index is -1.05. The Labute approximate surface area is 364 Å². The van der Waals surface area contributed by atoms with Gasteiger partial charge < -0.3 is 50.3 Å². The second-order valence-corrected chi connectivity index (χ2v) is 15.5. The van der Waals surface area contributed by atoms with Crippen molar-refractivity contribution in [1.82, 2.24) is 9.97 Å². The molecule has 4 aromatic rings. The fraction of sp³-hybridized carbons (Fsp3) is 0.409. The first-order valence-corrected chi connectivity index (χ1v) is 20.2. The van der Waals surface area contributed by atoms with Crippen molar-refractivity contribution in [2.24, 2.45) is 27.7 Å². The van der Waals surface area contributed by atoms with Crippen molar-refractivity contribution < 1.29 is 79.1 Å². The SMILES string of the molecule is COC1CC(C(=O)O)CCC1O.COc1cc(C(=O)O)ccc1O.O=C(O)C1CCC2=NC3CC(C(=O)O)CCC3=NC2C1.O=C(O)c1ccc2nc3cc(C(=O)O)ccc3nc2c1. The van der Waals surface area contributed by atoms with Crippen LogP contribution < -0.4 is 4.74 Å². The number of aromatic carboxylic acids is 3. The lowest BCUT2D eigenvalue weighted by Crippen LogP contribution is -2.42. The van der Waals surface area contributed by atoms with Crippen LogP contribution in [0.1, 0.15) is 88.9 Å². The molecule has 1 aliphatic heterocycles. The highest BCUT2D eigenvalue weighted by atomic mass is 16.5. The molecule has 4 aliphatic rings. The van der Waals surface area contributed by atoms with Gasteiger partial charge in [0, 0.05) is 18.5 Å². The third kappa shape index (κ3) is 12.1. The molecule has 7 unspecified atom stereocenters. The summed E-state index contributed by atoms with van der Waals surface area (Å²) in [7, 11) is 2.86. The third-order valence-corrected chi connectivity index (χ3v) is 11.4. The van der Waals surface area contributed by atoms with E-state index >= 15 is 0 Å². The normalized spacial score (nSPS) is 23.3. The summed E-state index contributed by atoms with van der Waals surface area (Å²) in [5.74, 6) is -6.30. The number of carboxylic acids is 6. The summed E-state index contributed by atoms with van der Waals surface area (Å²) >= 11 is 0. The van der Waals surface area contributed by atoms with Crippen LogP contribution in [-0.4, -0.2) is 137 Å². The number of aliphatic hydroxyl groups is 1. The molecular weight excluding hydrogens is 840 g/mol. The standard InChI is InChI=1S/C14H18N2O4.C14H8N2O4.C8H14O4.C8H8O4/c2*17-13(18)7-1-3-9-11(5-7)16-10-4-2-8(14(19)20)6-12(10)15-9;2*1-12-7-4-5(8(10)11)2-3-6(7)9/h7-8,11-12H,1-6H2,(H,17,18)(H,19,20);1-6H,(H,17,18)(H,19,20);5-7,9H,2-4H2,1H3,(H,10,11);2-4,9H,1H3,(H,10,11). The van der Waals surface area contributed by atoms with Crippen molar-refractivity contribution in [2.45, 2.75) is 82.1 Å². The maximum atomic E-state index is 11.1. The number of phenolic OH excluding ortho intramolecular Hbond substituents is 1. The number of methoxy groups -OCH3 is 2. The third-order valence-electron chi connectivity index (χ3n) is 11.4. The van der Waals surface area contributed by atoms with E-state index in [0.717, 1.165) is 11.4 Å². The second-order valence-electron chi connectivity index (χ2n) is 15.5.